The topological polar surface area (TPSA) is 53.6 Å². The summed E-state index contributed by atoms with van der Waals surface area (Å²) >= 11 is 0. The third kappa shape index (κ3) is 5.44. The van der Waals surface area contributed by atoms with E-state index in [1.54, 1.807) is 0 Å². The Morgan fingerprint density at radius 3 is 2.76 bits per heavy atom. The molecule has 0 spiro atoms. The van der Waals surface area contributed by atoms with Crippen LogP contribution in [0.1, 0.15) is 48.9 Å². The van der Waals surface area contributed by atoms with E-state index in [1.807, 2.05) is 0 Å². The largest absolute Gasteiger partial charge is 0.379 e. The first kappa shape index (κ1) is 18.2. The summed E-state index contributed by atoms with van der Waals surface area (Å²) in [5.74, 6) is 0. The van der Waals surface area contributed by atoms with E-state index < -0.39 is 0 Å². The van der Waals surface area contributed by atoms with Crippen LogP contribution in [0, 0.1) is 0 Å². The van der Waals surface area contributed by atoms with Crippen LogP contribution in [0.25, 0.3) is 0 Å². The smallest absolute Gasteiger partial charge is 0.315 e. The van der Waals surface area contributed by atoms with Crippen molar-refractivity contribution in [1.82, 2.24) is 15.5 Å². The number of morpholine rings is 1. The SMILES string of the molecule is CC(NC(=O)NCCCN1CCOCC1)c1ccc2c(c1)CCCC2. The summed E-state index contributed by atoms with van der Waals surface area (Å²) < 4.78 is 5.34. The molecule has 2 N–H and O–H groups in total. The molecule has 25 heavy (non-hydrogen) atoms. The van der Waals surface area contributed by atoms with E-state index in [0.717, 1.165) is 39.3 Å². The minimum Gasteiger partial charge on any atom is -0.379 e. The summed E-state index contributed by atoms with van der Waals surface area (Å²) in [7, 11) is 0. The van der Waals surface area contributed by atoms with E-state index in [2.05, 4.69) is 40.7 Å². The van der Waals surface area contributed by atoms with Crippen molar-refractivity contribution in [3.05, 3.63) is 34.9 Å². The maximum atomic E-state index is 12.1. The van der Waals surface area contributed by atoms with Crippen molar-refractivity contribution in [3.8, 4) is 0 Å². The maximum absolute atomic E-state index is 12.1. The van der Waals surface area contributed by atoms with Gasteiger partial charge in [0.1, 0.15) is 0 Å². The van der Waals surface area contributed by atoms with E-state index >= 15 is 0 Å². The Morgan fingerprint density at radius 2 is 1.96 bits per heavy atom. The molecule has 1 aliphatic heterocycles. The van der Waals surface area contributed by atoms with Gasteiger partial charge in [-0.25, -0.2) is 4.79 Å². The molecule has 1 unspecified atom stereocenters. The molecule has 1 atom stereocenters. The molecule has 0 saturated carbocycles. The molecular formula is C20H31N3O2. The van der Waals surface area contributed by atoms with Gasteiger partial charge in [0.25, 0.3) is 0 Å². The molecule has 3 rings (SSSR count). The van der Waals surface area contributed by atoms with Crippen molar-refractivity contribution in [2.45, 2.75) is 45.1 Å². The van der Waals surface area contributed by atoms with Gasteiger partial charge in [0.15, 0.2) is 0 Å². The van der Waals surface area contributed by atoms with Crippen LogP contribution in [-0.2, 0) is 17.6 Å². The van der Waals surface area contributed by atoms with Gasteiger partial charge in [-0.2, -0.15) is 0 Å². The molecule has 0 radical (unpaired) electrons. The Kier molecular flexibility index (Phi) is 6.70. The maximum Gasteiger partial charge on any atom is 0.315 e. The molecule has 1 aromatic rings. The lowest BCUT2D eigenvalue weighted by molar-refractivity contribution is 0.0375. The number of ether oxygens (including phenoxy) is 1. The second-order valence-electron chi connectivity index (χ2n) is 7.16. The Hall–Kier alpha value is -1.59. The fourth-order valence-corrected chi connectivity index (χ4v) is 3.68. The standard InChI is InChI=1S/C20H31N3O2/c1-16(18-8-7-17-5-2-3-6-19(17)15-18)22-20(24)21-9-4-10-23-11-13-25-14-12-23/h7-8,15-16H,2-6,9-14H2,1H3,(H2,21,22,24). The van der Waals surface area contributed by atoms with Crippen LogP contribution in [0.2, 0.25) is 0 Å². The van der Waals surface area contributed by atoms with Crippen LogP contribution in [0.4, 0.5) is 4.79 Å². The third-order valence-electron chi connectivity index (χ3n) is 5.26. The van der Waals surface area contributed by atoms with Gasteiger partial charge >= 0.3 is 6.03 Å². The van der Waals surface area contributed by atoms with Crippen LogP contribution in [0.3, 0.4) is 0 Å². The Labute approximate surface area is 151 Å². The predicted molar refractivity (Wildman–Crippen MR) is 99.9 cm³/mol. The minimum absolute atomic E-state index is 0.0338. The quantitative estimate of drug-likeness (QED) is 0.780. The number of carbonyl (C=O) groups is 1. The fourth-order valence-electron chi connectivity index (χ4n) is 3.68. The minimum atomic E-state index is -0.0767. The summed E-state index contributed by atoms with van der Waals surface area (Å²) in [5, 5.41) is 6.04. The van der Waals surface area contributed by atoms with Gasteiger partial charge in [0.05, 0.1) is 19.3 Å². The first-order valence-corrected chi connectivity index (χ1v) is 9.68. The number of amides is 2. The number of fused-ring (bicyclic) bond motifs is 1. The zero-order valence-corrected chi connectivity index (χ0v) is 15.4. The second kappa shape index (κ2) is 9.20. The molecule has 1 aromatic carbocycles. The summed E-state index contributed by atoms with van der Waals surface area (Å²) in [5.41, 5.74) is 4.14. The third-order valence-corrected chi connectivity index (χ3v) is 5.26. The summed E-state index contributed by atoms with van der Waals surface area (Å²) in [6.45, 7) is 7.43. The van der Waals surface area contributed by atoms with Crippen LogP contribution < -0.4 is 10.6 Å². The molecule has 1 aliphatic carbocycles. The van der Waals surface area contributed by atoms with E-state index in [1.165, 1.54) is 42.4 Å². The van der Waals surface area contributed by atoms with Gasteiger partial charge in [0.2, 0.25) is 0 Å². The normalized spacial score (nSPS) is 19.1. The molecule has 1 saturated heterocycles. The zero-order chi connectivity index (χ0) is 17.5. The molecule has 0 aromatic heterocycles. The number of carbonyl (C=O) groups excluding carboxylic acids is 1. The second-order valence-corrected chi connectivity index (χ2v) is 7.16. The first-order chi connectivity index (χ1) is 12.2. The van der Waals surface area contributed by atoms with Crippen molar-refractivity contribution in [3.63, 3.8) is 0 Å². The number of urea groups is 1. The van der Waals surface area contributed by atoms with E-state index in [0.29, 0.717) is 6.54 Å². The van der Waals surface area contributed by atoms with Gasteiger partial charge in [-0.3, -0.25) is 4.90 Å². The molecule has 5 heteroatoms. The van der Waals surface area contributed by atoms with E-state index in [9.17, 15) is 4.79 Å². The molecule has 1 fully saturated rings. The zero-order valence-electron chi connectivity index (χ0n) is 15.4. The lowest BCUT2D eigenvalue weighted by Gasteiger charge is -2.26. The number of benzene rings is 1. The highest BCUT2D eigenvalue weighted by atomic mass is 16.5. The predicted octanol–water partition coefficient (Wildman–Crippen LogP) is 2.65. The molecule has 2 aliphatic rings. The lowest BCUT2D eigenvalue weighted by atomic mass is 9.89. The number of rotatable bonds is 6. The van der Waals surface area contributed by atoms with Gasteiger partial charge < -0.3 is 15.4 Å². The monoisotopic (exact) mass is 345 g/mol. The molecule has 138 valence electrons. The summed E-state index contributed by atoms with van der Waals surface area (Å²) in [4.78, 5) is 14.5. The first-order valence-electron chi connectivity index (χ1n) is 9.68. The summed E-state index contributed by atoms with van der Waals surface area (Å²) in [6.07, 6.45) is 5.92. The van der Waals surface area contributed by atoms with Crippen LogP contribution in [0.5, 0.6) is 0 Å². The van der Waals surface area contributed by atoms with Crippen molar-refractivity contribution < 1.29 is 9.53 Å². The number of nitrogens with zero attached hydrogens (tertiary/aromatic N) is 1. The number of nitrogens with one attached hydrogen (secondary N) is 2. The Bertz CT molecular complexity index is 570. The molecule has 5 nitrogen and oxygen atoms in total. The lowest BCUT2D eigenvalue weighted by Crippen LogP contribution is -2.40. The Balaban J connectivity index is 1.38. The Morgan fingerprint density at radius 1 is 1.20 bits per heavy atom. The summed E-state index contributed by atoms with van der Waals surface area (Å²) in [6, 6.07) is 6.63. The molecular weight excluding hydrogens is 314 g/mol. The van der Waals surface area contributed by atoms with Crippen molar-refractivity contribution in [2.75, 3.05) is 39.4 Å². The number of hydrogen-bond acceptors (Lipinski definition) is 3. The number of aryl methyl sites for hydroxylation is 2. The van der Waals surface area contributed by atoms with Gasteiger partial charge in [-0.1, -0.05) is 18.2 Å². The fraction of sp³-hybridized carbons (Fsp3) is 0.650. The molecule has 2 amide bonds. The van der Waals surface area contributed by atoms with E-state index in [-0.39, 0.29) is 12.1 Å². The average molecular weight is 345 g/mol. The highest BCUT2D eigenvalue weighted by Crippen LogP contribution is 2.24. The van der Waals surface area contributed by atoms with Crippen LogP contribution >= 0.6 is 0 Å². The van der Waals surface area contributed by atoms with Gasteiger partial charge in [-0.05, 0) is 62.3 Å². The van der Waals surface area contributed by atoms with Crippen molar-refractivity contribution >= 4 is 6.03 Å². The van der Waals surface area contributed by atoms with E-state index in [4.69, 9.17) is 4.74 Å². The molecule has 1 heterocycles. The van der Waals surface area contributed by atoms with Crippen LogP contribution in [0.15, 0.2) is 18.2 Å². The van der Waals surface area contributed by atoms with Crippen LogP contribution in [-0.4, -0.2) is 50.3 Å². The average Bonchev–Trinajstić information content (AvgIpc) is 2.65. The highest BCUT2D eigenvalue weighted by Gasteiger charge is 2.14. The van der Waals surface area contributed by atoms with Gasteiger partial charge in [0, 0.05) is 19.6 Å². The molecule has 0 bridgehead atoms. The van der Waals surface area contributed by atoms with Crippen molar-refractivity contribution in [2.24, 2.45) is 0 Å². The van der Waals surface area contributed by atoms with Gasteiger partial charge in [-0.15, -0.1) is 0 Å². The number of hydrogen-bond donors (Lipinski definition) is 2. The van der Waals surface area contributed by atoms with Crippen molar-refractivity contribution in [1.29, 1.82) is 0 Å². The highest BCUT2D eigenvalue weighted by molar-refractivity contribution is 5.74.